The highest BCUT2D eigenvalue weighted by Crippen LogP contribution is 2.00. The van der Waals surface area contributed by atoms with Gasteiger partial charge >= 0.3 is 5.97 Å². The number of hydrogen-bond donors (Lipinski definition) is 9. The molecule has 0 spiro atoms. The number of hydrogen-bond acceptors (Lipinski definition) is 9. The van der Waals surface area contributed by atoms with Gasteiger partial charge in [0.15, 0.2) is 6.04 Å². The van der Waals surface area contributed by atoms with Crippen LogP contribution in [0.3, 0.4) is 0 Å². The molecule has 5 atom stereocenters. The lowest BCUT2D eigenvalue weighted by atomic mass is 10.1. The Hall–Kier alpha value is -2.91. The van der Waals surface area contributed by atoms with Crippen LogP contribution >= 0.6 is 12.6 Å². The third kappa shape index (κ3) is 9.53. The number of carbonyl (C=O) groups is 6. The van der Waals surface area contributed by atoms with Gasteiger partial charge < -0.3 is 43.4 Å². The van der Waals surface area contributed by atoms with E-state index in [0.717, 1.165) is 6.92 Å². The first kappa shape index (κ1) is 27.1. The molecule has 0 aromatic heterocycles. The fraction of sp³-hybridized carbons (Fsp3) is 0.600. The average Bonchev–Trinajstić information content (AvgIpc) is 2.61. The quantitative estimate of drug-likeness (QED) is 0.121. The third-order valence-corrected chi connectivity index (χ3v) is 4.02. The van der Waals surface area contributed by atoms with Gasteiger partial charge in [-0.15, -0.1) is 0 Å². The summed E-state index contributed by atoms with van der Waals surface area (Å²) in [4.78, 5) is 69.8. The second-order valence-electron chi connectivity index (χ2n) is 6.32. The Bertz CT molecular complexity index is 688. The molecule has 0 rings (SSSR count). The minimum absolute atomic E-state index is 0.253. The molecule has 0 heterocycles. The number of primary amides is 2. The zero-order valence-corrected chi connectivity index (χ0v) is 16.9. The molecule has 0 radical (unpaired) electrons. The van der Waals surface area contributed by atoms with E-state index in [1.165, 1.54) is 0 Å². The normalized spacial score (nSPS) is 15.6. The second kappa shape index (κ2) is 12.6. The second-order valence-corrected chi connectivity index (χ2v) is 6.68. The molecule has 5 amide bonds. The molecule has 0 aromatic rings. The first-order valence-corrected chi connectivity index (χ1v) is 9.18. The first-order valence-electron chi connectivity index (χ1n) is 8.55. The number of amides is 5. The minimum Gasteiger partial charge on any atom is -0.480 e. The maximum absolute atomic E-state index is 12.4. The summed E-state index contributed by atoms with van der Waals surface area (Å²) in [6.07, 6.45) is -2.65. The summed E-state index contributed by atoms with van der Waals surface area (Å²) in [5.41, 5.74) is 15.5. The molecule has 0 aliphatic rings. The number of nitrogens with two attached hydrogens (primary N) is 3. The topological polar surface area (TPSA) is 257 Å². The van der Waals surface area contributed by atoms with Crippen molar-refractivity contribution in [3.05, 3.63) is 0 Å². The molecular weight excluding hydrogens is 424 g/mol. The maximum Gasteiger partial charge on any atom is 0.328 e. The summed E-state index contributed by atoms with van der Waals surface area (Å²) < 4.78 is 0. The number of rotatable bonds is 13. The number of thiol groups is 1. The van der Waals surface area contributed by atoms with Gasteiger partial charge in [0.2, 0.25) is 29.5 Å². The van der Waals surface area contributed by atoms with Gasteiger partial charge in [-0.3, -0.25) is 24.0 Å². The minimum atomic E-state index is -1.71. The lowest BCUT2D eigenvalue weighted by molar-refractivity contribution is -0.145. The highest BCUT2D eigenvalue weighted by molar-refractivity contribution is 7.80. The Balaban J connectivity index is 5.28. The van der Waals surface area contributed by atoms with E-state index in [4.69, 9.17) is 22.3 Å². The molecule has 0 aromatic carbocycles. The molecule has 15 heteroatoms. The molecule has 0 fully saturated rings. The van der Waals surface area contributed by atoms with Crippen LogP contribution in [0.5, 0.6) is 0 Å². The van der Waals surface area contributed by atoms with Gasteiger partial charge in [0.25, 0.3) is 0 Å². The van der Waals surface area contributed by atoms with Gasteiger partial charge in [0.05, 0.1) is 25.0 Å². The smallest absolute Gasteiger partial charge is 0.328 e. The Morgan fingerprint density at radius 1 is 0.867 bits per heavy atom. The van der Waals surface area contributed by atoms with Crippen molar-refractivity contribution in [1.82, 2.24) is 16.0 Å². The summed E-state index contributed by atoms with van der Waals surface area (Å²) in [5, 5.41) is 24.8. The van der Waals surface area contributed by atoms with Crippen LogP contribution in [0, 0.1) is 0 Å². The van der Waals surface area contributed by atoms with Crippen molar-refractivity contribution in [1.29, 1.82) is 0 Å². The number of aliphatic hydroxyl groups excluding tert-OH is 1. The van der Waals surface area contributed by atoms with E-state index in [9.17, 15) is 33.9 Å². The van der Waals surface area contributed by atoms with Gasteiger partial charge in [0, 0.05) is 5.75 Å². The average molecular weight is 450 g/mol. The number of nitrogens with one attached hydrogen (secondary N) is 3. The molecule has 14 nitrogen and oxygen atoms in total. The Morgan fingerprint density at radius 3 is 1.73 bits per heavy atom. The molecule has 30 heavy (non-hydrogen) atoms. The van der Waals surface area contributed by atoms with Gasteiger partial charge in [-0.05, 0) is 6.92 Å². The lowest BCUT2D eigenvalue weighted by Gasteiger charge is -2.24. The fourth-order valence-corrected chi connectivity index (χ4v) is 2.36. The maximum atomic E-state index is 12.4. The van der Waals surface area contributed by atoms with Crippen LogP contribution in [-0.2, 0) is 28.8 Å². The van der Waals surface area contributed by atoms with Crippen molar-refractivity contribution in [2.75, 3.05) is 5.75 Å². The zero-order valence-electron chi connectivity index (χ0n) is 16.0. The molecule has 0 saturated heterocycles. The van der Waals surface area contributed by atoms with E-state index in [1.807, 2.05) is 5.32 Å². The summed E-state index contributed by atoms with van der Waals surface area (Å²) in [6, 6.07) is -5.97. The monoisotopic (exact) mass is 450 g/mol. The largest absolute Gasteiger partial charge is 0.480 e. The molecule has 11 N–H and O–H groups in total. The number of carboxylic acid groups (broad SMARTS) is 1. The van der Waals surface area contributed by atoms with Crippen molar-refractivity contribution in [2.45, 2.75) is 50.0 Å². The van der Waals surface area contributed by atoms with Gasteiger partial charge in [0.1, 0.15) is 12.1 Å². The number of aliphatic carboxylic acids is 1. The highest BCUT2D eigenvalue weighted by Gasteiger charge is 2.32. The molecule has 170 valence electrons. The molecular formula is C15H26N6O8S. The Labute approximate surface area is 176 Å². The van der Waals surface area contributed by atoms with E-state index in [-0.39, 0.29) is 5.75 Å². The van der Waals surface area contributed by atoms with Crippen LogP contribution in [0.4, 0.5) is 0 Å². The van der Waals surface area contributed by atoms with Crippen LogP contribution in [0.1, 0.15) is 19.8 Å². The Kier molecular flexibility index (Phi) is 11.4. The van der Waals surface area contributed by atoms with E-state index in [0.29, 0.717) is 0 Å². The van der Waals surface area contributed by atoms with Crippen LogP contribution < -0.4 is 33.2 Å². The third-order valence-electron chi connectivity index (χ3n) is 3.66. The summed E-state index contributed by atoms with van der Waals surface area (Å²) in [6.45, 7) is 1.11. The molecule has 0 aliphatic heterocycles. The number of carboxylic acids is 1. The van der Waals surface area contributed by atoms with E-state index >= 15 is 0 Å². The van der Waals surface area contributed by atoms with E-state index < -0.39 is 78.6 Å². The van der Waals surface area contributed by atoms with Crippen molar-refractivity contribution < 1.29 is 39.0 Å². The van der Waals surface area contributed by atoms with Crippen molar-refractivity contribution in [2.24, 2.45) is 17.2 Å². The zero-order chi connectivity index (χ0) is 23.6. The standard InChI is InChI=1S/C15H26N6O8S/c1-5(22)11(15(28)29)21-13(26)7(3-10(18)24)19-14(27)8(4-30)20-12(25)6(16)2-9(17)23/h5-8,11,22,30H,2-4,16H2,1H3,(H2,17,23)(H2,18,24)(H,19,27)(H,20,25)(H,21,26)(H,28,29). The van der Waals surface area contributed by atoms with Crippen molar-refractivity contribution in [3.8, 4) is 0 Å². The van der Waals surface area contributed by atoms with E-state index in [1.54, 1.807) is 0 Å². The molecule has 5 unspecified atom stereocenters. The van der Waals surface area contributed by atoms with E-state index in [2.05, 4.69) is 23.3 Å². The highest BCUT2D eigenvalue weighted by atomic mass is 32.1. The van der Waals surface area contributed by atoms with Gasteiger partial charge in [-0.2, -0.15) is 12.6 Å². The Morgan fingerprint density at radius 2 is 1.33 bits per heavy atom. The predicted molar refractivity (Wildman–Crippen MR) is 105 cm³/mol. The van der Waals surface area contributed by atoms with Crippen molar-refractivity contribution in [3.63, 3.8) is 0 Å². The summed E-state index contributed by atoms with van der Waals surface area (Å²) >= 11 is 3.91. The van der Waals surface area contributed by atoms with Crippen LogP contribution in [0.25, 0.3) is 0 Å². The molecule has 0 saturated carbocycles. The number of carbonyl (C=O) groups excluding carboxylic acids is 5. The van der Waals surface area contributed by atoms with Gasteiger partial charge in [-0.25, -0.2) is 4.79 Å². The SMILES string of the molecule is CC(O)C(NC(=O)C(CC(N)=O)NC(=O)C(CS)NC(=O)C(N)CC(N)=O)C(=O)O. The van der Waals surface area contributed by atoms with Crippen LogP contribution in [-0.4, -0.2) is 81.7 Å². The molecule has 0 bridgehead atoms. The first-order chi connectivity index (χ1) is 13.8. The van der Waals surface area contributed by atoms with Crippen molar-refractivity contribution >= 4 is 48.1 Å². The summed E-state index contributed by atoms with van der Waals surface area (Å²) in [7, 11) is 0. The lowest BCUT2D eigenvalue weighted by Crippen LogP contribution is -2.59. The van der Waals surface area contributed by atoms with Crippen LogP contribution in [0.2, 0.25) is 0 Å². The fourth-order valence-electron chi connectivity index (χ4n) is 2.11. The number of aliphatic hydroxyl groups is 1. The molecule has 0 aliphatic carbocycles. The van der Waals surface area contributed by atoms with Gasteiger partial charge in [-0.1, -0.05) is 0 Å². The van der Waals surface area contributed by atoms with Crippen LogP contribution in [0.15, 0.2) is 0 Å². The summed E-state index contributed by atoms with van der Waals surface area (Å²) in [5.74, 6) is -6.59. The predicted octanol–water partition coefficient (Wildman–Crippen LogP) is -5.09.